The number of benzene rings is 2. The van der Waals surface area contributed by atoms with Gasteiger partial charge >= 0.3 is 0 Å². The Morgan fingerprint density at radius 3 is 2.61 bits per heavy atom. The molecule has 0 unspecified atom stereocenters. The third-order valence-corrected chi connectivity index (χ3v) is 4.23. The van der Waals surface area contributed by atoms with Crippen LogP contribution in [0.5, 0.6) is 11.5 Å². The minimum absolute atomic E-state index is 0.236. The lowest BCUT2D eigenvalue weighted by Crippen LogP contribution is -2.13. The predicted molar refractivity (Wildman–Crippen MR) is 110 cm³/mol. The quantitative estimate of drug-likeness (QED) is 0.621. The maximum absolute atomic E-state index is 12.4. The molecule has 0 spiro atoms. The van der Waals surface area contributed by atoms with E-state index in [1.807, 2.05) is 30.3 Å². The molecule has 0 aliphatic carbocycles. The fourth-order valence-electron chi connectivity index (χ4n) is 2.74. The maximum atomic E-state index is 12.4. The first-order valence-electron chi connectivity index (χ1n) is 8.97. The van der Waals surface area contributed by atoms with Gasteiger partial charge in [-0.15, -0.1) is 0 Å². The molecule has 2 N–H and O–H groups in total. The Balaban J connectivity index is 1.54. The number of anilines is 2. The van der Waals surface area contributed by atoms with Crippen LogP contribution in [-0.2, 0) is 6.42 Å². The second-order valence-electron chi connectivity index (χ2n) is 6.11. The predicted octanol–water partition coefficient (Wildman–Crippen LogP) is 4.01. The molecule has 0 saturated heterocycles. The summed E-state index contributed by atoms with van der Waals surface area (Å²) in [5, 5.41) is 6.10. The van der Waals surface area contributed by atoms with E-state index in [0.717, 1.165) is 24.5 Å². The van der Waals surface area contributed by atoms with E-state index in [1.54, 1.807) is 44.7 Å². The molecule has 0 saturated carbocycles. The van der Waals surface area contributed by atoms with Crippen molar-refractivity contribution in [2.75, 3.05) is 31.4 Å². The average molecular weight is 377 g/mol. The molecule has 2 aromatic carbocycles. The summed E-state index contributed by atoms with van der Waals surface area (Å²) in [6, 6.07) is 18.8. The van der Waals surface area contributed by atoms with Crippen molar-refractivity contribution in [1.82, 2.24) is 4.98 Å². The number of methoxy groups -OCH3 is 2. The van der Waals surface area contributed by atoms with Gasteiger partial charge in [-0.25, -0.2) is 4.98 Å². The first-order chi connectivity index (χ1) is 13.7. The molecule has 0 bridgehead atoms. The number of hydrogen-bond donors (Lipinski definition) is 2. The minimum Gasteiger partial charge on any atom is -0.497 e. The van der Waals surface area contributed by atoms with E-state index in [4.69, 9.17) is 9.47 Å². The van der Waals surface area contributed by atoms with E-state index in [-0.39, 0.29) is 5.91 Å². The number of nitrogens with one attached hydrogen (secondary N) is 2. The summed E-state index contributed by atoms with van der Waals surface area (Å²) in [4.78, 5) is 16.7. The Morgan fingerprint density at radius 1 is 1.00 bits per heavy atom. The smallest absolute Gasteiger partial charge is 0.257 e. The van der Waals surface area contributed by atoms with Gasteiger partial charge in [0, 0.05) is 12.7 Å². The van der Waals surface area contributed by atoms with E-state index < -0.39 is 0 Å². The van der Waals surface area contributed by atoms with Gasteiger partial charge in [-0.3, -0.25) is 4.79 Å². The molecule has 1 amide bonds. The van der Waals surface area contributed by atoms with E-state index in [0.29, 0.717) is 17.0 Å². The number of aromatic nitrogens is 1. The monoisotopic (exact) mass is 377 g/mol. The SMILES string of the molecule is COc1cccc(CCNc2ccc(C(=O)Nc3ccccc3OC)cn2)c1. The van der Waals surface area contributed by atoms with Crippen LogP contribution in [0.4, 0.5) is 11.5 Å². The highest BCUT2D eigenvalue weighted by molar-refractivity contribution is 6.04. The molecule has 0 radical (unpaired) electrons. The number of ether oxygens (including phenoxy) is 2. The zero-order valence-corrected chi connectivity index (χ0v) is 15.9. The number of carbonyl (C=O) groups is 1. The molecule has 0 atom stereocenters. The highest BCUT2D eigenvalue weighted by Crippen LogP contribution is 2.23. The van der Waals surface area contributed by atoms with Crippen molar-refractivity contribution < 1.29 is 14.3 Å². The van der Waals surface area contributed by atoms with Gasteiger partial charge < -0.3 is 20.1 Å². The van der Waals surface area contributed by atoms with Crippen LogP contribution in [0.1, 0.15) is 15.9 Å². The molecule has 6 heteroatoms. The van der Waals surface area contributed by atoms with Crippen LogP contribution >= 0.6 is 0 Å². The summed E-state index contributed by atoms with van der Waals surface area (Å²) in [7, 11) is 3.23. The standard InChI is InChI=1S/C22H23N3O3/c1-27-18-7-5-6-16(14-18)12-13-23-21-11-10-17(15-24-21)22(26)25-19-8-3-4-9-20(19)28-2/h3-11,14-15H,12-13H2,1-2H3,(H,23,24)(H,25,26). The lowest BCUT2D eigenvalue weighted by Gasteiger charge is -2.10. The van der Waals surface area contributed by atoms with Gasteiger partial charge in [0.15, 0.2) is 0 Å². The molecule has 0 aliphatic rings. The highest BCUT2D eigenvalue weighted by Gasteiger charge is 2.09. The van der Waals surface area contributed by atoms with E-state index in [9.17, 15) is 4.79 Å². The van der Waals surface area contributed by atoms with Crippen LogP contribution in [0.3, 0.4) is 0 Å². The van der Waals surface area contributed by atoms with Crippen molar-refractivity contribution in [2.24, 2.45) is 0 Å². The zero-order valence-electron chi connectivity index (χ0n) is 15.9. The van der Waals surface area contributed by atoms with Crippen molar-refractivity contribution in [3.05, 3.63) is 78.0 Å². The van der Waals surface area contributed by atoms with Crippen LogP contribution in [0.2, 0.25) is 0 Å². The molecule has 28 heavy (non-hydrogen) atoms. The number of amides is 1. The van der Waals surface area contributed by atoms with Crippen molar-refractivity contribution in [1.29, 1.82) is 0 Å². The first kappa shape index (κ1) is 19.2. The number of rotatable bonds is 8. The van der Waals surface area contributed by atoms with Gasteiger partial charge in [0.1, 0.15) is 17.3 Å². The molecule has 0 aliphatic heterocycles. The summed E-state index contributed by atoms with van der Waals surface area (Å²) in [6.07, 6.45) is 2.40. The number of carbonyl (C=O) groups excluding carboxylic acids is 1. The second kappa shape index (κ2) is 9.41. The van der Waals surface area contributed by atoms with E-state index in [1.165, 1.54) is 5.56 Å². The number of pyridine rings is 1. The lowest BCUT2D eigenvalue weighted by molar-refractivity contribution is 0.102. The van der Waals surface area contributed by atoms with E-state index in [2.05, 4.69) is 21.7 Å². The Bertz CT molecular complexity index is 926. The molecule has 0 fully saturated rings. The normalized spacial score (nSPS) is 10.2. The second-order valence-corrected chi connectivity index (χ2v) is 6.11. The maximum Gasteiger partial charge on any atom is 0.257 e. The molecule has 1 aromatic heterocycles. The summed E-state index contributed by atoms with van der Waals surface area (Å²) >= 11 is 0. The van der Waals surface area contributed by atoms with Crippen LogP contribution in [0.15, 0.2) is 66.9 Å². The Kier molecular flexibility index (Phi) is 6.46. The largest absolute Gasteiger partial charge is 0.497 e. The van der Waals surface area contributed by atoms with Crippen LogP contribution in [-0.4, -0.2) is 31.7 Å². The van der Waals surface area contributed by atoms with Crippen molar-refractivity contribution in [3.8, 4) is 11.5 Å². The highest BCUT2D eigenvalue weighted by atomic mass is 16.5. The molecular weight excluding hydrogens is 354 g/mol. The topological polar surface area (TPSA) is 72.5 Å². The van der Waals surface area contributed by atoms with Crippen LogP contribution in [0.25, 0.3) is 0 Å². The zero-order chi connectivity index (χ0) is 19.8. The van der Waals surface area contributed by atoms with Crippen LogP contribution in [0, 0.1) is 0 Å². The fraction of sp³-hybridized carbons (Fsp3) is 0.182. The van der Waals surface area contributed by atoms with Gasteiger partial charge in [0.05, 0.1) is 25.5 Å². The van der Waals surface area contributed by atoms with Gasteiger partial charge in [-0.1, -0.05) is 24.3 Å². The number of nitrogens with zero attached hydrogens (tertiary/aromatic N) is 1. The Morgan fingerprint density at radius 2 is 1.86 bits per heavy atom. The Labute approximate surface area is 164 Å². The first-order valence-corrected chi connectivity index (χ1v) is 8.97. The lowest BCUT2D eigenvalue weighted by atomic mass is 10.1. The van der Waals surface area contributed by atoms with E-state index >= 15 is 0 Å². The van der Waals surface area contributed by atoms with Crippen molar-refractivity contribution in [2.45, 2.75) is 6.42 Å². The van der Waals surface area contributed by atoms with Gasteiger partial charge in [0.2, 0.25) is 0 Å². The summed E-state index contributed by atoms with van der Waals surface area (Å²) in [6.45, 7) is 0.729. The third-order valence-electron chi connectivity index (χ3n) is 4.23. The molecule has 144 valence electrons. The average Bonchev–Trinajstić information content (AvgIpc) is 2.74. The fourth-order valence-corrected chi connectivity index (χ4v) is 2.74. The van der Waals surface area contributed by atoms with Gasteiger partial charge in [-0.05, 0) is 48.4 Å². The Hall–Kier alpha value is -3.54. The molecular formula is C22H23N3O3. The summed E-state index contributed by atoms with van der Waals surface area (Å²) in [5.74, 6) is 1.94. The van der Waals surface area contributed by atoms with Gasteiger partial charge in [-0.2, -0.15) is 0 Å². The molecule has 3 rings (SSSR count). The van der Waals surface area contributed by atoms with Crippen molar-refractivity contribution in [3.63, 3.8) is 0 Å². The number of hydrogen-bond acceptors (Lipinski definition) is 5. The molecule has 3 aromatic rings. The molecule has 1 heterocycles. The van der Waals surface area contributed by atoms with Crippen molar-refractivity contribution >= 4 is 17.4 Å². The summed E-state index contributed by atoms with van der Waals surface area (Å²) in [5.41, 5.74) is 2.28. The van der Waals surface area contributed by atoms with Gasteiger partial charge in [0.25, 0.3) is 5.91 Å². The molecule has 6 nitrogen and oxygen atoms in total. The van der Waals surface area contributed by atoms with Crippen LogP contribution < -0.4 is 20.1 Å². The summed E-state index contributed by atoms with van der Waals surface area (Å²) < 4.78 is 10.5. The number of para-hydroxylation sites is 2. The third kappa shape index (κ3) is 5.01. The minimum atomic E-state index is -0.236.